The van der Waals surface area contributed by atoms with Crippen molar-refractivity contribution in [1.29, 1.82) is 0 Å². The number of amides is 2. The molecule has 0 radical (unpaired) electrons. The highest BCUT2D eigenvalue weighted by Gasteiger charge is 2.22. The fourth-order valence-electron chi connectivity index (χ4n) is 3.86. The number of anilines is 1. The standard InChI is InChI=1S/C25H31N3O3/c1-18-8-9-19(2)22(16-18)23(29)10-11-24(30)26-21-12-14-28(15-13-21)17-25(31)27-20-6-4-3-5-7-20/h3-9,16,21H,10-15,17H2,1-2H3,(H,26,30)(H,27,31). The van der Waals surface area contributed by atoms with Gasteiger partial charge in [-0.05, 0) is 50.5 Å². The fraction of sp³-hybridized carbons (Fsp3) is 0.400. The van der Waals surface area contributed by atoms with Crippen LogP contribution >= 0.6 is 0 Å². The fourth-order valence-corrected chi connectivity index (χ4v) is 3.86. The predicted octanol–water partition coefficient (Wildman–Crippen LogP) is 3.49. The number of Topliss-reactive ketones (excluding diaryl/α,β-unsaturated/α-hetero) is 1. The van der Waals surface area contributed by atoms with Gasteiger partial charge in [0.2, 0.25) is 11.8 Å². The maximum Gasteiger partial charge on any atom is 0.238 e. The minimum Gasteiger partial charge on any atom is -0.353 e. The number of carbonyl (C=O) groups excluding carboxylic acids is 3. The lowest BCUT2D eigenvalue weighted by Gasteiger charge is -2.31. The summed E-state index contributed by atoms with van der Waals surface area (Å²) in [6.07, 6.45) is 2.02. The van der Waals surface area contributed by atoms with Crippen molar-refractivity contribution < 1.29 is 14.4 Å². The van der Waals surface area contributed by atoms with Crippen LogP contribution in [0.4, 0.5) is 5.69 Å². The van der Waals surface area contributed by atoms with E-state index in [1.165, 1.54) is 0 Å². The molecule has 0 bridgehead atoms. The number of para-hydroxylation sites is 1. The summed E-state index contributed by atoms with van der Waals surface area (Å²) in [6.45, 7) is 5.74. The van der Waals surface area contributed by atoms with E-state index in [1.54, 1.807) is 0 Å². The molecule has 164 valence electrons. The van der Waals surface area contributed by atoms with Crippen molar-refractivity contribution in [3.63, 3.8) is 0 Å². The van der Waals surface area contributed by atoms with Gasteiger partial charge in [0.15, 0.2) is 5.78 Å². The number of hydrogen-bond donors (Lipinski definition) is 2. The number of nitrogens with one attached hydrogen (secondary N) is 2. The van der Waals surface area contributed by atoms with Crippen LogP contribution in [0.1, 0.15) is 47.2 Å². The maximum atomic E-state index is 12.5. The molecule has 2 aromatic rings. The van der Waals surface area contributed by atoms with Crippen LogP contribution in [-0.2, 0) is 9.59 Å². The molecule has 0 unspecified atom stereocenters. The van der Waals surface area contributed by atoms with Crippen molar-refractivity contribution in [3.05, 3.63) is 65.2 Å². The molecule has 6 heteroatoms. The second-order valence-electron chi connectivity index (χ2n) is 8.27. The molecule has 1 heterocycles. The number of hydrogen-bond acceptors (Lipinski definition) is 4. The molecule has 2 N–H and O–H groups in total. The van der Waals surface area contributed by atoms with Gasteiger partial charge in [0.25, 0.3) is 0 Å². The van der Waals surface area contributed by atoms with Crippen molar-refractivity contribution >= 4 is 23.3 Å². The Labute approximate surface area is 184 Å². The van der Waals surface area contributed by atoms with Crippen LogP contribution < -0.4 is 10.6 Å². The molecule has 2 amide bonds. The highest BCUT2D eigenvalue weighted by atomic mass is 16.2. The van der Waals surface area contributed by atoms with Gasteiger partial charge in [0.05, 0.1) is 6.54 Å². The van der Waals surface area contributed by atoms with E-state index >= 15 is 0 Å². The molecule has 0 atom stereocenters. The number of benzene rings is 2. The van der Waals surface area contributed by atoms with Gasteiger partial charge < -0.3 is 10.6 Å². The second-order valence-corrected chi connectivity index (χ2v) is 8.27. The van der Waals surface area contributed by atoms with Crippen molar-refractivity contribution in [2.24, 2.45) is 0 Å². The van der Waals surface area contributed by atoms with Crippen LogP contribution in [0.25, 0.3) is 0 Å². The number of nitrogens with zero attached hydrogens (tertiary/aromatic N) is 1. The third-order valence-electron chi connectivity index (χ3n) is 5.65. The van der Waals surface area contributed by atoms with Gasteiger partial charge in [-0.2, -0.15) is 0 Å². The number of ketones is 1. The van der Waals surface area contributed by atoms with Gasteiger partial charge in [-0.1, -0.05) is 35.9 Å². The monoisotopic (exact) mass is 421 g/mol. The summed E-state index contributed by atoms with van der Waals surface area (Å²) in [6, 6.07) is 15.3. The minimum absolute atomic E-state index is 0.00981. The third-order valence-corrected chi connectivity index (χ3v) is 5.65. The Hall–Kier alpha value is -2.99. The molecule has 0 saturated carbocycles. The van der Waals surface area contributed by atoms with Crippen molar-refractivity contribution in [1.82, 2.24) is 10.2 Å². The molecule has 1 aliphatic heterocycles. The van der Waals surface area contributed by atoms with Crippen LogP contribution in [0.15, 0.2) is 48.5 Å². The smallest absolute Gasteiger partial charge is 0.238 e. The van der Waals surface area contributed by atoms with Crippen LogP contribution in [0.3, 0.4) is 0 Å². The number of carbonyl (C=O) groups is 3. The molecule has 1 saturated heterocycles. The first-order valence-electron chi connectivity index (χ1n) is 10.9. The van der Waals surface area contributed by atoms with Crippen molar-refractivity contribution in [2.75, 3.05) is 25.0 Å². The van der Waals surface area contributed by atoms with E-state index in [-0.39, 0.29) is 36.5 Å². The Morgan fingerprint density at radius 2 is 1.65 bits per heavy atom. The van der Waals surface area contributed by atoms with Gasteiger partial charge >= 0.3 is 0 Å². The molecule has 2 aromatic carbocycles. The zero-order valence-electron chi connectivity index (χ0n) is 18.3. The Bertz CT molecular complexity index is 919. The van der Waals surface area contributed by atoms with E-state index < -0.39 is 0 Å². The average Bonchev–Trinajstić information content (AvgIpc) is 2.76. The van der Waals surface area contributed by atoms with E-state index in [2.05, 4.69) is 15.5 Å². The lowest BCUT2D eigenvalue weighted by atomic mass is 9.99. The predicted molar refractivity (Wildman–Crippen MR) is 122 cm³/mol. The molecule has 6 nitrogen and oxygen atoms in total. The SMILES string of the molecule is Cc1ccc(C)c(C(=O)CCC(=O)NC2CCN(CC(=O)Nc3ccccc3)CC2)c1. The highest BCUT2D eigenvalue weighted by molar-refractivity contribution is 5.99. The van der Waals surface area contributed by atoms with E-state index in [0.717, 1.165) is 42.7 Å². The van der Waals surface area contributed by atoms with Gasteiger partial charge in [-0.15, -0.1) is 0 Å². The zero-order chi connectivity index (χ0) is 22.2. The lowest BCUT2D eigenvalue weighted by molar-refractivity contribution is -0.122. The first-order chi connectivity index (χ1) is 14.9. The molecule has 1 aliphatic rings. The van der Waals surface area contributed by atoms with Crippen LogP contribution in [0.5, 0.6) is 0 Å². The van der Waals surface area contributed by atoms with Crippen LogP contribution in [-0.4, -0.2) is 48.2 Å². The van der Waals surface area contributed by atoms with Crippen LogP contribution in [0, 0.1) is 13.8 Å². The molecule has 0 aliphatic carbocycles. The summed E-state index contributed by atoms with van der Waals surface area (Å²) in [7, 11) is 0. The normalized spacial score (nSPS) is 14.8. The Balaban J connectivity index is 1.36. The first kappa shape index (κ1) is 22.7. The molecule has 0 spiro atoms. The summed E-state index contributed by atoms with van der Waals surface area (Å²) < 4.78 is 0. The molecule has 3 rings (SSSR count). The third kappa shape index (κ3) is 7.03. The maximum absolute atomic E-state index is 12.5. The van der Waals surface area contributed by atoms with Crippen molar-refractivity contribution in [2.45, 2.75) is 45.6 Å². The zero-order valence-corrected chi connectivity index (χ0v) is 18.3. The van der Waals surface area contributed by atoms with Crippen molar-refractivity contribution in [3.8, 4) is 0 Å². The number of piperidine rings is 1. The Morgan fingerprint density at radius 1 is 0.935 bits per heavy atom. The van der Waals surface area contributed by atoms with Gasteiger partial charge in [0.1, 0.15) is 0 Å². The number of rotatable bonds is 8. The lowest BCUT2D eigenvalue weighted by Crippen LogP contribution is -2.46. The minimum atomic E-state index is -0.0843. The Morgan fingerprint density at radius 3 is 2.35 bits per heavy atom. The van der Waals surface area contributed by atoms with E-state index in [4.69, 9.17) is 0 Å². The molecule has 0 aromatic heterocycles. The summed E-state index contributed by atoms with van der Waals surface area (Å²) in [5.74, 6) is -0.104. The highest BCUT2D eigenvalue weighted by Crippen LogP contribution is 2.15. The average molecular weight is 422 g/mol. The second kappa shape index (κ2) is 10.9. The first-order valence-corrected chi connectivity index (χ1v) is 10.9. The summed E-state index contributed by atoms with van der Waals surface area (Å²) in [5.41, 5.74) is 3.49. The number of likely N-dealkylation sites (tertiary alicyclic amines) is 1. The topological polar surface area (TPSA) is 78.5 Å². The van der Waals surface area contributed by atoms with Gasteiger partial charge in [0, 0.05) is 43.2 Å². The van der Waals surface area contributed by atoms with E-state index in [1.807, 2.05) is 62.4 Å². The number of aryl methyl sites for hydroxylation is 2. The Kier molecular flexibility index (Phi) is 7.95. The quantitative estimate of drug-likeness (QED) is 0.640. The molecular formula is C25H31N3O3. The van der Waals surface area contributed by atoms with Gasteiger partial charge in [-0.25, -0.2) is 0 Å². The summed E-state index contributed by atoms with van der Waals surface area (Å²) >= 11 is 0. The molecular weight excluding hydrogens is 390 g/mol. The van der Waals surface area contributed by atoms with E-state index in [9.17, 15) is 14.4 Å². The van der Waals surface area contributed by atoms with Gasteiger partial charge in [-0.3, -0.25) is 19.3 Å². The van der Waals surface area contributed by atoms with Crippen LogP contribution in [0.2, 0.25) is 0 Å². The summed E-state index contributed by atoms with van der Waals surface area (Å²) in [4.78, 5) is 39.1. The summed E-state index contributed by atoms with van der Waals surface area (Å²) in [5, 5.41) is 5.95. The largest absolute Gasteiger partial charge is 0.353 e. The molecule has 1 fully saturated rings. The molecule has 31 heavy (non-hydrogen) atoms. The van der Waals surface area contributed by atoms with E-state index in [0.29, 0.717) is 12.1 Å².